The van der Waals surface area contributed by atoms with E-state index in [2.05, 4.69) is 241 Å². The smallest absolute Gasteiger partial charge is 0.0541 e. The second kappa shape index (κ2) is 15.5. The maximum atomic E-state index is 2.50. The third-order valence-electron chi connectivity index (χ3n) is 13.1. The van der Waals surface area contributed by atoms with Gasteiger partial charge in [-0.25, -0.2) is 0 Å². The number of nitrogens with zero attached hydrogens (tertiary/aromatic N) is 1. The lowest BCUT2D eigenvalue weighted by Gasteiger charge is -2.18. The van der Waals surface area contributed by atoms with Crippen LogP contribution in [-0.4, -0.2) is 4.57 Å². The second-order valence-electron chi connectivity index (χ2n) is 16.8. The molecule has 0 radical (unpaired) electrons. The van der Waals surface area contributed by atoms with Gasteiger partial charge in [0.05, 0.1) is 11.0 Å². The average Bonchev–Trinajstić information content (AvgIpc) is 3.69. The molecular weight excluding hydrogens is 759 g/mol. The summed E-state index contributed by atoms with van der Waals surface area (Å²) >= 11 is 0. The zero-order chi connectivity index (χ0) is 41.7. The summed E-state index contributed by atoms with van der Waals surface area (Å²) in [6, 6.07) is 82.8. The Morgan fingerprint density at radius 3 is 1.41 bits per heavy atom. The molecule has 0 bridgehead atoms. The van der Waals surface area contributed by atoms with Crippen molar-refractivity contribution in [3.05, 3.63) is 242 Å². The van der Waals surface area contributed by atoms with E-state index in [0.29, 0.717) is 0 Å². The zero-order valence-corrected chi connectivity index (χ0v) is 34.9. The molecule has 0 N–H and O–H groups in total. The molecule has 1 aliphatic rings. The highest BCUT2D eigenvalue weighted by Gasteiger charge is 2.19. The summed E-state index contributed by atoms with van der Waals surface area (Å²) in [6.07, 6.45) is 6.81. The van der Waals surface area contributed by atoms with Crippen molar-refractivity contribution in [1.29, 1.82) is 0 Å². The van der Waals surface area contributed by atoms with Gasteiger partial charge in [-0.1, -0.05) is 194 Å². The highest BCUT2D eigenvalue weighted by Crippen LogP contribution is 2.42. The minimum absolute atomic E-state index is 1.07. The SMILES string of the molecule is C1=Cc2c(cccc2-c2cc(-c3cccc4ccccc34)cc(-n3c4ccc(-c5ccc(-c6ccccc6)cc5)cc4c4cc(-c5ccc(-c6ccccc6)cc5)ccc43)c2)CC1. The van der Waals surface area contributed by atoms with Gasteiger partial charge in [0, 0.05) is 16.5 Å². The van der Waals surface area contributed by atoms with Crippen molar-refractivity contribution in [2.45, 2.75) is 12.8 Å². The summed E-state index contributed by atoms with van der Waals surface area (Å²) in [5, 5.41) is 4.96. The van der Waals surface area contributed by atoms with Gasteiger partial charge in [0.15, 0.2) is 0 Å². The van der Waals surface area contributed by atoms with Crippen LogP contribution in [0.5, 0.6) is 0 Å². The normalized spacial score (nSPS) is 12.3. The number of benzene rings is 10. The molecule has 12 rings (SSSR count). The minimum Gasteiger partial charge on any atom is -0.309 e. The Labute approximate surface area is 368 Å². The first-order chi connectivity index (χ1) is 31.2. The van der Waals surface area contributed by atoms with E-state index in [0.717, 1.165) is 18.5 Å². The maximum Gasteiger partial charge on any atom is 0.0541 e. The summed E-state index contributed by atoms with van der Waals surface area (Å²) in [7, 11) is 0. The van der Waals surface area contributed by atoms with E-state index in [-0.39, 0.29) is 0 Å². The number of fused-ring (bicyclic) bond motifs is 5. The summed E-state index contributed by atoms with van der Waals surface area (Å²) in [5.74, 6) is 0. The number of allylic oxidation sites excluding steroid dienone is 1. The average molecular weight is 802 g/mol. The van der Waals surface area contributed by atoms with Gasteiger partial charge >= 0.3 is 0 Å². The van der Waals surface area contributed by atoms with Crippen molar-refractivity contribution in [3.8, 4) is 72.4 Å². The molecule has 0 aliphatic heterocycles. The predicted molar refractivity (Wildman–Crippen MR) is 268 cm³/mol. The fourth-order valence-corrected chi connectivity index (χ4v) is 9.88. The van der Waals surface area contributed by atoms with E-state index in [9.17, 15) is 0 Å². The Hall–Kier alpha value is -8.00. The first kappa shape index (κ1) is 36.8. The summed E-state index contributed by atoms with van der Waals surface area (Å²) < 4.78 is 2.50. The third kappa shape index (κ3) is 6.67. The van der Waals surface area contributed by atoms with Crippen molar-refractivity contribution >= 4 is 38.7 Å². The molecule has 0 saturated heterocycles. The molecule has 63 heavy (non-hydrogen) atoms. The second-order valence-corrected chi connectivity index (χ2v) is 16.8. The number of rotatable bonds is 7. The molecule has 0 fully saturated rings. The lowest BCUT2D eigenvalue weighted by molar-refractivity contribution is 0.986. The molecule has 1 heterocycles. The molecule has 1 aromatic heterocycles. The first-order valence-electron chi connectivity index (χ1n) is 22.0. The van der Waals surface area contributed by atoms with Crippen molar-refractivity contribution in [2.24, 2.45) is 0 Å². The molecule has 0 amide bonds. The third-order valence-corrected chi connectivity index (χ3v) is 13.1. The van der Waals surface area contributed by atoms with Gasteiger partial charge in [-0.05, 0) is 144 Å². The summed E-state index contributed by atoms with van der Waals surface area (Å²) in [4.78, 5) is 0. The van der Waals surface area contributed by atoms with Crippen molar-refractivity contribution < 1.29 is 0 Å². The van der Waals surface area contributed by atoms with Crippen LogP contribution in [0.25, 0.3) is 111 Å². The Bertz CT molecular complexity index is 3370. The van der Waals surface area contributed by atoms with Crippen LogP contribution in [0.3, 0.4) is 0 Å². The van der Waals surface area contributed by atoms with Gasteiger partial charge in [-0.2, -0.15) is 0 Å². The Kier molecular flexibility index (Phi) is 9.04. The van der Waals surface area contributed by atoms with E-state index >= 15 is 0 Å². The number of hydrogen-bond donors (Lipinski definition) is 0. The summed E-state index contributed by atoms with van der Waals surface area (Å²) in [5.41, 5.74) is 20.9. The first-order valence-corrected chi connectivity index (χ1v) is 22.0. The van der Waals surface area contributed by atoms with Crippen LogP contribution >= 0.6 is 0 Å². The molecule has 1 aliphatic carbocycles. The van der Waals surface area contributed by atoms with Crippen molar-refractivity contribution in [3.63, 3.8) is 0 Å². The maximum absolute atomic E-state index is 2.50. The molecule has 1 heteroatoms. The highest BCUT2D eigenvalue weighted by atomic mass is 15.0. The van der Waals surface area contributed by atoms with Crippen LogP contribution in [0.1, 0.15) is 17.5 Å². The van der Waals surface area contributed by atoms with Gasteiger partial charge < -0.3 is 4.57 Å². The molecule has 0 unspecified atom stereocenters. The minimum atomic E-state index is 1.07. The van der Waals surface area contributed by atoms with E-state index in [1.54, 1.807) is 0 Å². The van der Waals surface area contributed by atoms with E-state index in [1.807, 2.05) is 0 Å². The zero-order valence-electron chi connectivity index (χ0n) is 34.9. The van der Waals surface area contributed by atoms with Gasteiger partial charge in [-0.15, -0.1) is 0 Å². The Balaban J connectivity index is 1.08. The molecule has 10 aromatic carbocycles. The Morgan fingerprint density at radius 1 is 0.317 bits per heavy atom. The molecule has 0 atom stereocenters. The lowest BCUT2D eigenvalue weighted by atomic mass is 9.88. The van der Waals surface area contributed by atoms with Crippen LogP contribution in [0.4, 0.5) is 0 Å². The van der Waals surface area contributed by atoms with Crippen LogP contribution < -0.4 is 0 Å². The highest BCUT2D eigenvalue weighted by molar-refractivity contribution is 6.12. The molecule has 0 spiro atoms. The van der Waals surface area contributed by atoms with E-state index < -0.39 is 0 Å². The summed E-state index contributed by atoms with van der Waals surface area (Å²) in [6.45, 7) is 0. The van der Waals surface area contributed by atoms with Crippen molar-refractivity contribution in [1.82, 2.24) is 4.57 Å². The van der Waals surface area contributed by atoms with Gasteiger partial charge in [0.25, 0.3) is 0 Å². The van der Waals surface area contributed by atoms with Crippen LogP contribution in [0.2, 0.25) is 0 Å². The van der Waals surface area contributed by atoms with Crippen LogP contribution in [-0.2, 0) is 6.42 Å². The number of aromatic nitrogens is 1. The standard InChI is InChI=1S/C62H43N/c1-3-13-42(14-4-1)44-25-29-46(30-26-44)50-33-35-61-59(40-50)60-41-51(47-31-27-45(28-32-47)43-15-5-2-6-16-43)34-36-62(60)63(61)54-38-52(57-23-11-19-48-17-7-9-21-55(48)57)37-53(39-54)58-24-12-20-49-18-8-10-22-56(49)58/h1-7,9-17,19-41H,8,18H2. The molecule has 0 saturated carbocycles. The fraction of sp³-hybridized carbons (Fsp3) is 0.0323. The number of aryl methyl sites for hydroxylation is 1. The molecular formula is C62H43N. The monoisotopic (exact) mass is 801 g/mol. The Morgan fingerprint density at radius 2 is 0.794 bits per heavy atom. The van der Waals surface area contributed by atoms with Gasteiger partial charge in [-0.3, -0.25) is 0 Å². The van der Waals surface area contributed by atoms with Gasteiger partial charge in [0.1, 0.15) is 0 Å². The largest absolute Gasteiger partial charge is 0.309 e. The van der Waals surface area contributed by atoms with Crippen LogP contribution in [0.15, 0.2) is 231 Å². The topological polar surface area (TPSA) is 4.93 Å². The predicted octanol–water partition coefficient (Wildman–Crippen LogP) is 16.9. The lowest BCUT2D eigenvalue weighted by Crippen LogP contribution is -1.99. The van der Waals surface area contributed by atoms with Crippen molar-refractivity contribution in [2.75, 3.05) is 0 Å². The van der Waals surface area contributed by atoms with Gasteiger partial charge in [0.2, 0.25) is 0 Å². The van der Waals surface area contributed by atoms with Crippen LogP contribution in [0, 0.1) is 0 Å². The number of hydrogen-bond acceptors (Lipinski definition) is 0. The molecule has 296 valence electrons. The van der Waals surface area contributed by atoms with E-state index in [1.165, 1.54) is 110 Å². The molecule has 11 aromatic rings. The van der Waals surface area contributed by atoms with E-state index in [4.69, 9.17) is 0 Å². The quantitative estimate of drug-likeness (QED) is 0.151. The molecule has 1 nitrogen and oxygen atoms in total. The fourth-order valence-electron chi connectivity index (χ4n) is 9.88.